The minimum atomic E-state index is -0.582. The summed E-state index contributed by atoms with van der Waals surface area (Å²) in [4.78, 5) is 18.2. The number of β-amino-alcohol motifs (C(OH)–C–C–N with tert-alkyl or cyclic N) is 1. The molecule has 1 saturated heterocycles. The third kappa shape index (κ3) is 3.32. The quantitative estimate of drug-likeness (QED) is 0.736. The molecular weight excluding hydrogens is 382 g/mol. The highest BCUT2D eigenvalue weighted by Gasteiger charge is 2.55. The van der Waals surface area contributed by atoms with Crippen LogP contribution in [-0.4, -0.2) is 47.2 Å². The summed E-state index contributed by atoms with van der Waals surface area (Å²) < 4.78 is 10.9. The number of rotatable bonds is 6. The van der Waals surface area contributed by atoms with Crippen molar-refractivity contribution in [2.75, 3.05) is 26.2 Å². The fourth-order valence-corrected chi connectivity index (χ4v) is 4.92. The number of aliphatic hydroxyl groups excluding tert-OH is 1. The number of esters is 1. The van der Waals surface area contributed by atoms with Gasteiger partial charge in [-0.3, -0.25) is 4.90 Å². The Kier molecular flexibility index (Phi) is 4.69. The van der Waals surface area contributed by atoms with Crippen LogP contribution in [0.5, 0.6) is 5.88 Å². The number of aliphatic hydroxyl groups is 1. The van der Waals surface area contributed by atoms with Gasteiger partial charge in [-0.2, -0.15) is 5.26 Å². The smallest absolute Gasteiger partial charge is 0.338 e. The first kappa shape index (κ1) is 19.0. The van der Waals surface area contributed by atoms with Crippen molar-refractivity contribution < 1.29 is 19.4 Å². The standard InChI is InChI=1S/C23H23N3O4/c1-13-15(3-4-16-19(13)11-30-23(16)28)21(27)10-26-8-17-18(9-26)20(17)12-29-22-5-2-14(6-24)7-25-22/h2-5,7,17-18,20-21,27H,8-12H2,1H3. The number of pyridine rings is 1. The molecule has 1 aromatic carbocycles. The van der Waals surface area contributed by atoms with Crippen molar-refractivity contribution in [3.63, 3.8) is 0 Å². The molecule has 3 aliphatic rings. The summed E-state index contributed by atoms with van der Waals surface area (Å²) >= 11 is 0. The molecule has 0 bridgehead atoms. The average Bonchev–Trinajstić information content (AvgIpc) is 3.04. The Morgan fingerprint density at radius 1 is 1.33 bits per heavy atom. The molecule has 0 spiro atoms. The molecule has 3 atom stereocenters. The Balaban J connectivity index is 1.13. The number of likely N-dealkylation sites (tertiary alicyclic amines) is 1. The monoisotopic (exact) mass is 405 g/mol. The van der Waals surface area contributed by atoms with Gasteiger partial charge in [0.25, 0.3) is 0 Å². The fraction of sp³-hybridized carbons (Fsp3) is 0.435. The number of ether oxygens (including phenoxy) is 2. The molecule has 1 N–H and O–H groups in total. The second kappa shape index (κ2) is 7.38. The Morgan fingerprint density at radius 2 is 2.13 bits per heavy atom. The summed E-state index contributed by atoms with van der Waals surface area (Å²) in [6.07, 6.45) is 0.941. The summed E-state index contributed by atoms with van der Waals surface area (Å²) in [5.74, 6) is 2.00. The number of piperidine rings is 1. The van der Waals surface area contributed by atoms with E-state index in [1.165, 1.54) is 6.20 Å². The molecule has 2 aliphatic heterocycles. The molecule has 154 valence electrons. The van der Waals surface area contributed by atoms with Crippen LogP contribution < -0.4 is 4.74 Å². The number of benzene rings is 1. The lowest BCUT2D eigenvalue weighted by atomic mass is 9.95. The summed E-state index contributed by atoms with van der Waals surface area (Å²) in [5, 5.41) is 19.6. The molecular formula is C23H23N3O4. The van der Waals surface area contributed by atoms with E-state index in [1.54, 1.807) is 18.2 Å². The number of hydrogen-bond acceptors (Lipinski definition) is 7. The molecule has 1 aliphatic carbocycles. The highest BCUT2D eigenvalue weighted by Crippen LogP contribution is 2.52. The molecule has 0 amide bonds. The number of carbonyl (C=O) groups excluding carboxylic acids is 1. The lowest BCUT2D eigenvalue weighted by Gasteiger charge is -2.24. The van der Waals surface area contributed by atoms with E-state index < -0.39 is 6.10 Å². The lowest BCUT2D eigenvalue weighted by molar-refractivity contribution is 0.0535. The van der Waals surface area contributed by atoms with Gasteiger partial charge in [0.15, 0.2) is 0 Å². The Morgan fingerprint density at radius 3 is 2.83 bits per heavy atom. The normalized spacial score (nSPS) is 25.2. The van der Waals surface area contributed by atoms with Crippen molar-refractivity contribution in [2.45, 2.75) is 19.6 Å². The lowest BCUT2D eigenvalue weighted by Crippen LogP contribution is -2.30. The molecule has 1 aromatic heterocycles. The predicted octanol–water partition coefficient (Wildman–Crippen LogP) is 2.22. The van der Waals surface area contributed by atoms with Crippen LogP contribution in [0, 0.1) is 36.0 Å². The molecule has 2 aromatic rings. The first-order valence-corrected chi connectivity index (χ1v) is 10.2. The van der Waals surface area contributed by atoms with Crippen LogP contribution in [-0.2, 0) is 11.3 Å². The summed E-state index contributed by atoms with van der Waals surface area (Å²) in [5.41, 5.74) is 3.87. The average molecular weight is 405 g/mol. The second-order valence-corrected chi connectivity index (χ2v) is 8.42. The van der Waals surface area contributed by atoms with Gasteiger partial charge >= 0.3 is 5.97 Å². The number of cyclic esters (lactones) is 1. The zero-order valence-corrected chi connectivity index (χ0v) is 16.7. The van der Waals surface area contributed by atoms with Crippen LogP contribution in [0.2, 0.25) is 0 Å². The zero-order valence-electron chi connectivity index (χ0n) is 16.7. The molecule has 3 unspecified atom stereocenters. The van der Waals surface area contributed by atoms with Crippen LogP contribution in [0.15, 0.2) is 30.5 Å². The largest absolute Gasteiger partial charge is 0.477 e. The molecule has 0 radical (unpaired) electrons. The maximum Gasteiger partial charge on any atom is 0.338 e. The first-order valence-electron chi connectivity index (χ1n) is 10.2. The molecule has 30 heavy (non-hydrogen) atoms. The SMILES string of the molecule is Cc1c(C(O)CN2CC3C(COc4ccc(C#N)cn4)C3C2)ccc2c1COC2=O. The van der Waals surface area contributed by atoms with E-state index >= 15 is 0 Å². The topological polar surface area (TPSA) is 95.7 Å². The van der Waals surface area contributed by atoms with Crippen LogP contribution in [0.4, 0.5) is 0 Å². The predicted molar refractivity (Wildman–Crippen MR) is 107 cm³/mol. The third-order valence-electron chi connectivity index (χ3n) is 6.73. The summed E-state index contributed by atoms with van der Waals surface area (Å²) in [6.45, 7) is 5.40. The van der Waals surface area contributed by atoms with Crippen molar-refractivity contribution in [3.8, 4) is 11.9 Å². The van der Waals surface area contributed by atoms with E-state index in [1.807, 2.05) is 19.1 Å². The molecule has 7 heteroatoms. The van der Waals surface area contributed by atoms with E-state index in [4.69, 9.17) is 14.7 Å². The van der Waals surface area contributed by atoms with Gasteiger partial charge < -0.3 is 14.6 Å². The maximum absolute atomic E-state index is 11.7. The minimum Gasteiger partial charge on any atom is -0.477 e. The van der Waals surface area contributed by atoms with Gasteiger partial charge in [0, 0.05) is 43.4 Å². The second-order valence-electron chi connectivity index (χ2n) is 8.42. The van der Waals surface area contributed by atoms with Crippen LogP contribution in [0.25, 0.3) is 0 Å². The third-order valence-corrected chi connectivity index (χ3v) is 6.73. The van der Waals surface area contributed by atoms with Gasteiger partial charge in [0.05, 0.1) is 23.8 Å². The van der Waals surface area contributed by atoms with Crippen LogP contribution >= 0.6 is 0 Å². The molecule has 2 fully saturated rings. The van der Waals surface area contributed by atoms with Crippen molar-refractivity contribution in [2.24, 2.45) is 17.8 Å². The van der Waals surface area contributed by atoms with E-state index in [-0.39, 0.29) is 5.97 Å². The van der Waals surface area contributed by atoms with Gasteiger partial charge in [-0.25, -0.2) is 9.78 Å². The Labute approximate surface area is 174 Å². The fourth-order valence-electron chi connectivity index (χ4n) is 4.92. The van der Waals surface area contributed by atoms with E-state index in [2.05, 4.69) is 9.88 Å². The van der Waals surface area contributed by atoms with Crippen molar-refractivity contribution in [1.29, 1.82) is 5.26 Å². The van der Waals surface area contributed by atoms with E-state index in [0.29, 0.717) is 54.5 Å². The highest BCUT2D eigenvalue weighted by molar-refractivity contribution is 5.93. The first-order chi connectivity index (χ1) is 14.5. The minimum absolute atomic E-state index is 0.279. The van der Waals surface area contributed by atoms with Gasteiger partial charge in [-0.15, -0.1) is 0 Å². The van der Waals surface area contributed by atoms with Crippen LogP contribution in [0.3, 0.4) is 0 Å². The molecule has 3 heterocycles. The van der Waals surface area contributed by atoms with E-state index in [9.17, 15) is 9.90 Å². The van der Waals surface area contributed by atoms with Gasteiger partial charge in [0.1, 0.15) is 12.7 Å². The number of nitriles is 1. The summed E-state index contributed by atoms with van der Waals surface area (Å²) in [6, 6.07) is 9.11. The molecule has 1 saturated carbocycles. The highest BCUT2D eigenvalue weighted by atomic mass is 16.5. The number of fused-ring (bicyclic) bond motifs is 2. The number of aromatic nitrogens is 1. The maximum atomic E-state index is 11.7. The number of nitrogens with zero attached hydrogens (tertiary/aromatic N) is 3. The zero-order chi connectivity index (χ0) is 20.8. The Hall–Kier alpha value is -2.95. The van der Waals surface area contributed by atoms with Crippen LogP contribution in [0.1, 0.15) is 38.7 Å². The number of carbonyl (C=O) groups is 1. The van der Waals surface area contributed by atoms with E-state index in [0.717, 1.165) is 29.8 Å². The number of hydrogen-bond donors (Lipinski definition) is 1. The molecule has 7 nitrogen and oxygen atoms in total. The van der Waals surface area contributed by atoms with Gasteiger partial charge in [0.2, 0.25) is 5.88 Å². The van der Waals surface area contributed by atoms with Gasteiger partial charge in [-0.05, 0) is 42.0 Å². The van der Waals surface area contributed by atoms with Crippen molar-refractivity contribution in [1.82, 2.24) is 9.88 Å². The van der Waals surface area contributed by atoms with Crippen molar-refractivity contribution >= 4 is 5.97 Å². The van der Waals surface area contributed by atoms with Gasteiger partial charge in [-0.1, -0.05) is 6.07 Å². The van der Waals surface area contributed by atoms with Crippen molar-refractivity contribution in [3.05, 3.63) is 58.3 Å². The summed E-state index contributed by atoms with van der Waals surface area (Å²) in [7, 11) is 0. The molecule has 5 rings (SSSR count). The Bertz CT molecular complexity index is 1020.